The van der Waals surface area contributed by atoms with Crippen molar-refractivity contribution in [1.82, 2.24) is 14.9 Å². The standard InChI is InChI=1S/C21H25N3O7S2/c1-30-20(27)13-4-5-16-17(9-13)23-21(24(19(16)26)10-15-3-2-7-31-15)32-11-18(25)22-14-6-8-33(28,29)12-14/h4-5,9,14-15H,2-3,6-8,10-12H2,1H3,(H,22,25)/t14-,15-/m0/s1. The maximum Gasteiger partial charge on any atom is 0.337 e. The van der Waals surface area contributed by atoms with Gasteiger partial charge in [-0.05, 0) is 37.5 Å². The van der Waals surface area contributed by atoms with Crippen LogP contribution in [0.25, 0.3) is 10.9 Å². The van der Waals surface area contributed by atoms with Gasteiger partial charge in [0.05, 0.1) is 53.5 Å². The highest BCUT2D eigenvalue weighted by atomic mass is 32.2. The van der Waals surface area contributed by atoms with Crippen LogP contribution in [-0.2, 0) is 30.7 Å². The van der Waals surface area contributed by atoms with Crippen LogP contribution in [0, 0.1) is 0 Å². The molecule has 2 atom stereocenters. The molecule has 33 heavy (non-hydrogen) atoms. The SMILES string of the molecule is COC(=O)c1ccc2c(=O)n(C[C@@H]3CCCO3)c(SCC(=O)N[C@H]3CCS(=O)(=O)C3)nc2c1. The average molecular weight is 496 g/mol. The first-order valence-corrected chi connectivity index (χ1v) is 13.4. The van der Waals surface area contributed by atoms with Gasteiger partial charge in [0.1, 0.15) is 0 Å². The van der Waals surface area contributed by atoms with Crippen LogP contribution < -0.4 is 10.9 Å². The van der Waals surface area contributed by atoms with Crippen molar-refractivity contribution >= 4 is 44.4 Å². The van der Waals surface area contributed by atoms with Gasteiger partial charge in [-0.1, -0.05) is 11.8 Å². The van der Waals surface area contributed by atoms with Crippen LogP contribution >= 0.6 is 11.8 Å². The zero-order valence-corrected chi connectivity index (χ0v) is 19.7. The fraction of sp³-hybridized carbons (Fsp3) is 0.524. The normalized spacial score (nSPS) is 21.8. The topological polar surface area (TPSA) is 134 Å². The van der Waals surface area contributed by atoms with Gasteiger partial charge in [0.15, 0.2) is 15.0 Å². The summed E-state index contributed by atoms with van der Waals surface area (Å²) < 4.78 is 35.2. The van der Waals surface area contributed by atoms with Gasteiger partial charge in [0.2, 0.25) is 5.91 Å². The van der Waals surface area contributed by atoms with E-state index in [0.29, 0.717) is 35.6 Å². The Kier molecular flexibility index (Phi) is 7.05. The molecule has 10 nitrogen and oxygen atoms in total. The Labute approximate surface area is 195 Å². The lowest BCUT2D eigenvalue weighted by atomic mass is 10.1. The number of amides is 1. The lowest BCUT2D eigenvalue weighted by Gasteiger charge is -2.17. The van der Waals surface area contributed by atoms with Crippen molar-refractivity contribution in [2.45, 2.75) is 43.1 Å². The maximum absolute atomic E-state index is 13.3. The molecule has 0 radical (unpaired) electrons. The molecule has 178 valence electrons. The number of carbonyl (C=O) groups excluding carboxylic acids is 2. The summed E-state index contributed by atoms with van der Waals surface area (Å²) >= 11 is 1.09. The summed E-state index contributed by atoms with van der Waals surface area (Å²) in [5, 5.41) is 3.43. The van der Waals surface area contributed by atoms with E-state index in [-0.39, 0.29) is 40.4 Å². The van der Waals surface area contributed by atoms with Gasteiger partial charge in [-0.15, -0.1) is 0 Å². The van der Waals surface area contributed by atoms with Crippen molar-refractivity contribution in [3.05, 3.63) is 34.1 Å². The number of esters is 1. The summed E-state index contributed by atoms with van der Waals surface area (Å²) in [6, 6.07) is 4.16. The van der Waals surface area contributed by atoms with E-state index in [0.717, 1.165) is 24.6 Å². The average Bonchev–Trinajstić information content (AvgIpc) is 3.42. The molecule has 0 unspecified atom stereocenters. The fourth-order valence-electron chi connectivity index (χ4n) is 4.02. The summed E-state index contributed by atoms with van der Waals surface area (Å²) in [6.45, 7) is 0.948. The largest absolute Gasteiger partial charge is 0.465 e. The lowest BCUT2D eigenvalue weighted by Crippen LogP contribution is -2.37. The van der Waals surface area contributed by atoms with Gasteiger partial charge in [0.25, 0.3) is 5.56 Å². The number of rotatable bonds is 7. The Balaban J connectivity index is 1.59. The van der Waals surface area contributed by atoms with E-state index < -0.39 is 21.8 Å². The van der Waals surface area contributed by atoms with Gasteiger partial charge >= 0.3 is 5.97 Å². The second kappa shape index (κ2) is 9.82. The van der Waals surface area contributed by atoms with E-state index in [2.05, 4.69) is 10.3 Å². The summed E-state index contributed by atoms with van der Waals surface area (Å²) in [4.78, 5) is 42.2. The number of hydrogen-bond donors (Lipinski definition) is 1. The molecule has 1 aromatic heterocycles. The number of sulfone groups is 1. The predicted octanol–water partition coefficient (Wildman–Crippen LogP) is 0.758. The minimum Gasteiger partial charge on any atom is -0.465 e. The molecule has 0 aliphatic carbocycles. The third-order valence-corrected chi connectivity index (χ3v) is 8.43. The van der Waals surface area contributed by atoms with Gasteiger partial charge < -0.3 is 14.8 Å². The third-order valence-electron chi connectivity index (χ3n) is 5.68. The first kappa shape index (κ1) is 23.7. The summed E-state index contributed by atoms with van der Waals surface area (Å²) in [6.07, 6.45) is 2.02. The first-order valence-electron chi connectivity index (χ1n) is 10.6. The van der Waals surface area contributed by atoms with Crippen LogP contribution in [0.15, 0.2) is 28.2 Å². The van der Waals surface area contributed by atoms with Crippen LogP contribution in [0.4, 0.5) is 0 Å². The van der Waals surface area contributed by atoms with E-state index in [9.17, 15) is 22.8 Å². The Hall–Kier alpha value is -2.44. The number of carbonyl (C=O) groups is 2. The molecule has 2 saturated heterocycles. The summed E-state index contributed by atoms with van der Waals surface area (Å²) in [7, 11) is -1.83. The van der Waals surface area contributed by atoms with Gasteiger partial charge in [0, 0.05) is 12.6 Å². The van der Waals surface area contributed by atoms with Crippen LogP contribution in [0.2, 0.25) is 0 Å². The van der Waals surface area contributed by atoms with Crippen LogP contribution in [-0.4, -0.2) is 73.0 Å². The molecule has 2 aliphatic rings. The Bertz CT molecular complexity index is 1240. The molecule has 0 spiro atoms. The van der Waals surface area contributed by atoms with Crippen LogP contribution in [0.1, 0.15) is 29.6 Å². The Morgan fingerprint density at radius 1 is 1.33 bits per heavy atom. The van der Waals surface area contributed by atoms with E-state index in [1.54, 1.807) is 6.07 Å². The zero-order chi connectivity index (χ0) is 23.6. The highest BCUT2D eigenvalue weighted by Crippen LogP contribution is 2.22. The molecule has 2 aromatic rings. The summed E-state index contributed by atoms with van der Waals surface area (Å²) in [5.74, 6) is -0.888. The number of ether oxygens (including phenoxy) is 2. The maximum atomic E-state index is 13.3. The van der Waals surface area contributed by atoms with Crippen LogP contribution in [0.5, 0.6) is 0 Å². The van der Waals surface area contributed by atoms with Crippen molar-refractivity contribution in [2.24, 2.45) is 0 Å². The quantitative estimate of drug-likeness (QED) is 0.336. The molecule has 2 fully saturated rings. The third kappa shape index (κ3) is 5.56. The zero-order valence-electron chi connectivity index (χ0n) is 18.1. The number of nitrogens with zero attached hydrogens (tertiary/aromatic N) is 2. The molecule has 0 bridgehead atoms. The molecule has 3 heterocycles. The van der Waals surface area contributed by atoms with Crippen molar-refractivity contribution < 1.29 is 27.5 Å². The van der Waals surface area contributed by atoms with E-state index in [1.807, 2.05) is 0 Å². The smallest absolute Gasteiger partial charge is 0.337 e. The Morgan fingerprint density at radius 2 is 2.15 bits per heavy atom. The number of aromatic nitrogens is 2. The molecule has 1 aromatic carbocycles. The second-order valence-electron chi connectivity index (χ2n) is 8.12. The summed E-state index contributed by atoms with van der Waals surface area (Å²) in [5.41, 5.74) is 0.318. The van der Waals surface area contributed by atoms with Crippen LogP contribution in [0.3, 0.4) is 0 Å². The molecule has 1 amide bonds. The first-order chi connectivity index (χ1) is 15.8. The molecule has 2 aliphatic heterocycles. The minimum absolute atomic E-state index is 0.0310. The van der Waals surface area contributed by atoms with Gasteiger partial charge in [-0.3, -0.25) is 14.2 Å². The highest BCUT2D eigenvalue weighted by molar-refractivity contribution is 7.99. The molecule has 0 saturated carbocycles. The molecule has 4 rings (SSSR count). The predicted molar refractivity (Wildman–Crippen MR) is 122 cm³/mol. The van der Waals surface area contributed by atoms with Crippen molar-refractivity contribution in [3.63, 3.8) is 0 Å². The van der Waals surface area contributed by atoms with Crippen molar-refractivity contribution in [1.29, 1.82) is 0 Å². The monoisotopic (exact) mass is 495 g/mol. The number of fused-ring (bicyclic) bond motifs is 1. The number of hydrogen-bond acceptors (Lipinski definition) is 9. The van der Waals surface area contributed by atoms with Crippen molar-refractivity contribution in [3.8, 4) is 0 Å². The minimum atomic E-state index is -3.10. The van der Waals surface area contributed by atoms with E-state index in [4.69, 9.17) is 9.47 Å². The molecular formula is C21H25N3O7S2. The fourth-order valence-corrected chi connectivity index (χ4v) is 6.51. The van der Waals surface area contributed by atoms with Crippen molar-refractivity contribution in [2.75, 3.05) is 31.0 Å². The molecular weight excluding hydrogens is 470 g/mol. The lowest BCUT2D eigenvalue weighted by molar-refractivity contribution is -0.119. The highest BCUT2D eigenvalue weighted by Gasteiger charge is 2.29. The van der Waals surface area contributed by atoms with Gasteiger partial charge in [-0.2, -0.15) is 0 Å². The molecule has 1 N–H and O–H groups in total. The van der Waals surface area contributed by atoms with E-state index in [1.165, 1.54) is 23.8 Å². The number of methoxy groups -OCH3 is 1. The Morgan fingerprint density at radius 3 is 2.82 bits per heavy atom. The van der Waals surface area contributed by atoms with E-state index >= 15 is 0 Å². The second-order valence-corrected chi connectivity index (χ2v) is 11.3. The number of nitrogens with one attached hydrogen (secondary N) is 1. The molecule has 12 heteroatoms. The van der Waals surface area contributed by atoms with Gasteiger partial charge in [-0.25, -0.2) is 18.2 Å². The number of thioether (sulfide) groups is 1. The number of benzene rings is 1.